The van der Waals surface area contributed by atoms with E-state index in [9.17, 15) is 26.7 Å². The largest absolute Gasteiger partial charge is 0.327 e. The van der Waals surface area contributed by atoms with Gasteiger partial charge in [-0.25, -0.2) is 31.9 Å². The van der Waals surface area contributed by atoms with E-state index < -0.39 is 40.6 Å². The lowest BCUT2D eigenvalue weighted by Crippen LogP contribution is -2.33. The molecule has 2 aromatic carbocycles. The third kappa shape index (κ3) is 4.48. The lowest BCUT2D eigenvalue weighted by Gasteiger charge is -2.24. The molecule has 0 N–H and O–H groups in total. The van der Waals surface area contributed by atoms with Crippen LogP contribution in [0.3, 0.4) is 0 Å². The number of carbonyl (C=O) groups excluding carboxylic acids is 1. The fraction of sp³-hybridized carbons (Fsp3) is 0.208. The van der Waals surface area contributed by atoms with Gasteiger partial charge in [0.15, 0.2) is 28.9 Å². The van der Waals surface area contributed by atoms with Crippen molar-refractivity contribution in [2.24, 2.45) is 0 Å². The maximum absolute atomic E-state index is 14.4. The van der Waals surface area contributed by atoms with E-state index in [1.165, 1.54) is 12.1 Å². The molecule has 0 unspecified atom stereocenters. The van der Waals surface area contributed by atoms with E-state index in [1.807, 2.05) is 6.92 Å². The third-order valence-electron chi connectivity index (χ3n) is 5.26. The molecular weight excluding hydrogens is 455 g/mol. The van der Waals surface area contributed by atoms with E-state index >= 15 is 0 Å². The first kappa shape index (κ1) is 23.3. The highest BCUT2D eigenvalue weighted by atomic mass is 19.2. The van der Waals surface area contributed by atoms with Crippen LogP contribution in [0.1, 0.15) is 35.1 Å². The zero-order valence-electron chi connectivity index (χ0n) is 18.0. The number of halogens is 5. The molecular formula is C24H19F5N4O. The maximum atomic E-state index is 14.4. The fourth-order valence-electron chi connectivity index (χ4n) is 3.68. The molecule has 176 valence electrons. The summed E-state index contributed by atoms with van der Waals surface area (Å²) in [6, 6.07) is 8.57. The monoisotopic (exact) mass is 474 g/mol. The second-order valence-corrected chi connectivity index (χ2v) is 7.66. The van der Waals surface area contributed by atoms with Gasteiger partial charge in [-0.05, 0) is 36.2 Å². The van der Waals surface area contributed by atoms with E-state index in [4.69, 9.17) is 0 Å². The van der Waals surface area contributed by atoms with Crippen LogP contribution in [-0.2, 0) is 19.6 Å². The topological polar surface area (TPSA) is 51.0 Å². The summed E-state index contributed by atoms with van der Waals surface area (Å²) < 4.78 is 71.7. The van der Waals surface area contributed by atoms with Crippen LogP contribution in [0.4, 0.5) is 22.0 Å². The predicted octanol–water partition coefficient (Wildman–Crippen LogP) is 5.38. The van der Waals surface area contributed by atoms with Crippen molar-refractivity contribution in [2.45, 2.75) is 33.0 Å². The molecule has 0 aliphatic carbocycles. The molecule has 0 bridgehead atoms. The van der Waals surface area contributed by atoms with E-state index in [1.54, 1.807) is 22.9 Å². The minimum absolute atomic E-state index is 0.0398. The molecule has 4 rings (SSSR count). The minimum Gasteiger partial charge on any atom is -0.327 e. The molecule has 1 amide bonds. The number of hydrogen-bond donors (Lipinski definition) is 0. The molecule has 0 atom stereocenters. The Hall–Kier alpha value is -3.82. The molecule has 2 aromatic heterocycles. The molecule has 0 radical (unpaired) electrons. The van der Waals surface area contributed by atoms with Crippen molar-refractivity contribution in [1.82, 2.24) is 19.4 Å². The van der Waals surface area contributed by atoms with Crippen molar-refractivity contribution in [3.05, 3.63) is 94.7 Å². The Labute approximate surface area is 191 Å². The van der Waals surface area contributed by atoms with Gasteiger partial charge in [-0.1, -0.05) is 19.1 Å². The number of aromatic nitrogens is 3. The van der Waals surface area contributed by atoms with E-state index in [0.29, 0.717) is 35.5 Å². The Morgan fingerprint density at radius 1 is 0.971 bits per heavy atom. The van der Waals surface area contributed by atoms with Crippen LogP contribution in [0.25, 0.3) is 11.2 Å². The molecule has 34 heavy (non-hydrogen) atoms. The summed E-state index contributed by atoms with van der Waals surface area (Å²) in [5, 5.41) is 0. The SMILES string of the molecule is CCCn1c(CN(Cc2ccc(F)cc2)C(=O)c2c(F)c(F)cc(F)c2F)nc2cccnc21. The van der Waals surface area contributed by atoms with Crippen LogP contribution in [0.5, 0.6) is 0 Å². The maximum Gasteiger partial charge on any atom is 0.260 e. The summed E-state index contributed by atoms with van der Waals surface area (Å²) >= 11 is 0. The van der Waals surface area contributed by atoms with Gasteiger partial charge in [-0.3, -0.25) is 4.79 Å². The summed E-state index contributed by atoms with van der Waals surface area (Å²) in [6.45, 7) is 1.96. The van der Waals surface area contributed by atoms with E-state index in [2.05, 4.69) is 9.97 Å². The number of fused-ring (bicyclic) bond motifs is 1. The zero-order valence-corrected chi connectivity index (χ0v) is 18.0. The Morgan fingerprint density at radius 3 is 2.29 bits per heavy atom. The number of pyridine rings is 1. The number of imidazole rings is 1. The summed E-state index contributed by atoms with van der Waals surface area (Å²) in [5.41, 5.74) is 0.191. The lowest BCUT2D eigenvalue weighted by atomic mass is 10.1. The first-order valence-corrected chi connectivity index (χ1v) is 10.5. The zero-order chi connectivity index (χ0) is 24.4. The van der Waals surface area contributed by atoms with Crippen LogP contribution in [0.2, 0.25) is 0 Å². The first-order chi connectivity index (χ1) is 16.3. The molecule has 5 nitrogen and oxygen atoms in total. The normalized spacial score (nSPS) is 11.2. The highest BCUT2D eigenvalue weighted by molar-refractivity contribution is 5.94. The molecule has 10 heteroatoms. The molecule has 0 saturated heterocycles. The summed E-state index contributed by atoms with van der Waals surface area (Å²) in [7, 11) is 0. The number of benzene rings is 2. The smallest absolute Gasteiger partial charge is 0.260 e. The number of hydrogen-bond acceptors (Lipinski definition) is 3. The molecule has 0 aliphatic rings. The van der Waals surface area contributed by atoms with Gasteiger partial charge >= 0.3 is 0 Å². The van der Waals surface area contributed by atoms with Crippen molar-refractivity contribution in [1.29, 1.82) is 0 Å². The number of aryl methyl sites for hydroxylation is 1. The summed E-state index contributed by atoms with van der Waals surface area (Å²) in [6.07, 6.45) is 2.29. The molecule has 2 heterocycles. The third-order valence-corrected chi connectivity index (χ3v) is 5.26. The summed E-state index contributed by atoms with van der Waals surface area (Å²) in [4.78, 5) is 23.0. The Bertz CT molecular complexity index is 1330. The van der Waals surface area contributed by atoms with Gasteiger partial charge in [0.05, 0.1) is 6.54 Å². The van der Waals surface area contributed by atoms with Gasteiger partial charge in [-0.2, -0.15) is 0 Å². The second-order valence-electron chi connectivity index (χ2n) is 7.66. The van der Waals surface area contributed by atoms with Gasteiger partial charge in [0.2, 0.25) is 0 Å². The van der Waals surface area contributed by atoms with Gasteiger partial charge in [-0.15, -0.1) is 0 Å². The van der Waals surface area contributed by atoms with Crippen LogP contribution in [0, 0.1) is 29.1 Å². The van der Waals surface area contributed by atoms with Gasteiger partial charge in [0.25, 0.3) is 5.91 Å². The highest BCUT2D eigenvalue weighted by Crippen LogP contribution is 2.24. The van der Waals surface area contributed by atoms with Crippen molar-refractivity contribution in [2.75, 3.05) is 0 Å². The van der Waals surface area contributed by atoms with Gasteiger partial charge in [0.1, 0.15) is 22.7 Å². The van der Waals surface area contributed by atoms with Gasteiger partial charge in [0, 0.05) is 25.4 Å². The number of nitrogens with zero attached hydrogens (tertiary/aromatic N) is 4. The number of rotatable bonds is 7. The van der Waals surface area contributed by atoms with Crippen molar-refractivity contribution < 1.29 is 26.7 Å². The predicted molar refractivity (Wildman–Crippen MR) is 114 cm³/mol. The standard InChI is InChI=1S/C24H19F5N4O/c1-2-10-33-19(31-18-4-3-9-30-23(18)33)13-32(12-14-5-7-15(25)8-6-14)24(34)20-21(28)16(26)11-17(27)22(20)29/h3-9,11H,2,10,12-13H2,1H3. The highest BCUT2D eigenvalue weighted by Gasteiger charge is 2.30. The number of carbonyl (C=O) groups is 1. The van der Waals surface area contributed by atoms with Crippen molar-refractivity contribution >= 4 is 17.1 Å². The minimum atomic E-state index is -1.79. The fourth-order valence-corrected chi connectivity index (χ4v) is 3.68. The molecule has 4 aromatic rings. The van der Waals surface area contributed by atoms with Crippen LogP contribution in [-0.4, -0.2) is 25.3 Å². The second kappa shape index (κ2) is 9.58. The van der Waals surface area contributed by atoms with E-state index in [-0.39, 0.29) is 19.2 Å². The molecule has 0 aliphatic heterocycles. The molecule has 0 spiro atoms. The average molecular weight is 474 g/mol. The molecule has 0 saturated carbocycles. The first-order valence-electron chi connectivity index (χ1n) is 10.5. The van der Waals surface area contributed by atoms with Crippen molar-refractivity contribution in [3.63, 3.8) is 0 Å². The number of amides is 1. The lowest BCUT2D eigenvalue weighted by molar-refractivity contribution is 0.0711. The Morgan fingerprint density at radius 2 is 1.65 bits per heavy atom. The Balaban J connectivity index is 1.80. The van der Waals surface area contributed by atoms with Gasteiger partial charge < -0.3 is 9.47 Å². The van der Waals surface area contributed by atoms with Crippen molar-refractivity contribution in [3.8, 4) is 0 Å². The van der Waals surface area contributed by atoms with Crippen LogP contribution in [0.15, 0.2) is 48.7 Å². The van der Waals surface area contributed by atoms with Crippen LogP contribution >= 0.6 is 0 Å². The Kier molecular flexibility index (Phi) is 6.58. The van der Waals surface area contributed by atoms with Crippen LogP contribution < -0.4 is 0 Å². The van der Waals surface area contributed by atoms with E-state index in [0.717, 1.165) is 17.0 Å². The average Bonchev–Trinajstić information content (AvgIpc) is 3.16. The quantitative estimate of drug-likeness (QED) is 0.267. The summed E-state index contributed by atoms with van der Waals surface area (Å²) in [5.74, 6) is -8.39. The molecule has 0 fully saturated rings.